The van der Waals surface area contributed by atoms with E-state index in [1.54, 1.807) is 12.5 Å². The average Bonchev–Trinajstić information content (AvgIpc) is 3.62. The number of aromatic nitrogens is 5. The highest BCUT2D eigenvalue weighted by Gasteiger charge is 2.22. The molecule has 172 valence electrons. The van der Waals surface area contributed by atoms with Crippen molar-refractivity contribution in [2.24, 2.45) is 0 Å². The van der Waals surface area contributed by atoms with Crippen LogP contribution in [-0.4, -0.2) is 42.3 Å². The Bertz CT molecular complexity index is 1180. The maximum absolute atomic E-state index is 9.64. The first kappa shape index (κ1) is 21.4. The van der Waals surface area contributed by atoms with Gasteiger partial charge < -0.3 is 24.7 Å². The lowest BCUT2D eigenvalue weighted by Crippen LogP contribution is -2.24. The topological polar surface area (TPSA) is 114 Å². The van der Waals surface area contributed by atoms with Crippen molar-refractivity contribution in [1.29, 1.82) is 0 Å². The van der Waals surface area contributed by atoms with Crippen LogP contribution in [0.3, 0.4) is 0 Å². The number of nitrogens with zero attached hydrogens (tertiary/aromatic N) is 5. The fraction of sp³-hybridized carbons (Fsp3) is 0.417. The summed E-state index contributed by atoms with van der Waals surface area (Å²) in [6.45, 7) is 2.60. The van der Waals surface area contributed by atoms with Crippen molar-refractivity contribution in [3.8, 4) is 11.3 Å². The van der Waals surface area contributed by atoms with Gasteiger partial charge in [-0.25, -0.2) is 4.98 Å². The Morgan fingerprint density at radius 3 is 2.76 bits per heavy atom. The van der Waals surface area contributed by atoms with Gasteiger partial charge >= 0.3 is 0 Å². The number of anilines is 2. The van der Waals surface area contributed by atoms with Gasteiger partial charge in [-0.1, -0.05) is 25.8 Å². The highest BCUT2D eigenvalue weighted by molar-refractivity contribution is 5.84. The largest absolute Gasteiger partial charge is 0.472 e. The Kier molecular flexibility index (Phi) is 6.21. The number of hydrogen-bond acceptors (Lipinski definition) is 8. The van der Waals surface area contributed by atoms with Gasteiger partial charge in [0.15, 0.2) is 17.0 Å². The molecular weight excluding hydrogens is 418 g/mol. The summed E-state index contributed by atoms with van der Waals surface area (Å²) >= 11 is 0. The molecule has 0 spiro atoms. The van der Waals surface area contributed by atoms with Gasteiger partial charge in [0.2, 0.25) is 5.95 Å². The number of pyridine rings is 1. The summed E-state index contributed by atoms with van der Waals surface area (Å²) in [5.41, 5.74) is 4.43. The van der Waals surface area contributed by atoms with Crippen molar-refractivity contribution >= 4 is 22.9 Å². The summed E-state index contributed by atoms with van der Waals surface area (Å²) in [6, 6.07) is 6.23. The lowest BCUT2D eigenvalue weighted by Gasteiger charge is -2.17. The van der Waals surface area contributed by atoms with E-state index in [0.29, 0.717) is 24.4 Å². The molecule has 0 aromatic carbocycles. The number of fused-ring (bicyclic) bond motifs is 1. The molecule has 4 aromatic rings. The zero-order chi connectivity index (χ0) is 22.6. The second kappa shape index (κ2) is 9.58. The molecule has 3 N–H and O–H groups in total. The van der Waals surface area contributed by atoms with Crippen LogP contribution in [0, 0.1) is 0 Å². The van der Waals surface area contributed by atoms with Crippen molar-refractivity contribution in [3.05, 3.63) is 48.8 Å². The molecule has 9 nitrogen and oxygen atoms in total. The third kappa shape index (κ3) is 4.54. The van der Waals surface area contributed by atoms with Gasteiger partial charge in [0.25, 0.3) is 0 Å². The zero-order valence-corrected chi connectivity index (χ0v) is 18.7. The van der Waals surface area contributed by atoms with Crippen LogP contribution in [0.25, 0.3) is 22.4 Å². The minimum absolute atomic E-state index is 0.0250. The number of imidazole rings is 1. The zero-order valence-electron chi connectivity index (χ0n) is 18.7. The molecule has 0 unspecified atom stereocenters. The van der Waals surface area contributed by atoms with Crippen LogP contribution >= 0.6 is 0 Å². The highest BCUT2D eigenvalue weighted by Crippen LogP contribution is 2.33. The fourth-order valence-corrected chi connectivity index (χ4v) is 4.31. The molecule has 1 fully saturated rings. The molecule has 0 bridgehead atoms. The fourth-order valence-electron chi connectivity index (χ4n) is 4.31. The molecule has 1 aliphatic rings. The molecule has 0 amide bonds. The van der Waals surface area contributed by atoms with Gasteiger partial charge in [-0.3, -0.25) is 4.98 Å². The molecule has 4 heterocycles. The summed E-state index contributed by atoms with van der Waals surface area (Å²) in [5, 5.41) is 16.3. The summed E-state index contributed by atoms with van der Waals surface area (Å²) in [7, 11) is 0. The van der Waals surface area contributed by atoms with E-state index in [1.807, 2.05) is 37.6 Å². The maximum atomic E-state index is 9.64. The predicted molar refractivity (Wildman–Crippen MR) is 127 cm³/mol. The van der Waals surface area contributed by atoms with Crippen molar-refractivity contribution in [2.45, 2.75) is 57.7 Å². The summed E-state index contributed by atoms with van der Waals surface area (Å²) in [4.78, 5) is 18.7. The molecule has 0 radical (unpaired) electrons. The molecule has 1 aliphatic carbocycles. The molecule has 9 heteroatoms. The van der Waals surface area contributed by atoms with E-state index >= 15 is 0 Å². The van der Waals surface area contributed by atoms with Crippen LogP contribution in [0.15, 0.2) is 47.7 Å². The number of hydrogen-bond donors (Lipinski definition) is 3. The lowest BCUT2D eigenvalue weighted by molar-refractivity contribution is 0.271. The molecule has 0 saturated heterocycles. The molecule has 1 saturated carbocycles. The molecule has 33 heavy (non-hydrogen) atoms. The van der Waals surface area contributed by atoms with Crippen molar-refractivity contribution in [2.75, 3.05) is 17.2 Å². The second-order valence-corrected chi connectivity index (χ2v) is 8.51. The van der Waals surface area contributed by atoms with Gasteiger partial charge in [0.05, 0.1) is 37.2 Å². The average molecular weight is 448 g/mol. The molecule has 4 aromatic heterocycles. The summed E-state index contributed by atoms with van der Waals surface area (Å²) in [5.74, 6) is 1.17. The Labute approximate surface area is 192 Å². The number of aliphatic hydroxyl groups excluding tert-OH is 1. The monoisotopic (exact) mass is 447 g/mol. The summed E-state index contributed by atoms with van der Waals surface area (Å²) in [6.07, 6.45) is 12.6. The number of aliphatic hydroxyl groups is 1. The Morgan fingerprint density at radius 2 is 2.06 bits per heavy atom. The van der Waals surface area contributed by atoms with Crippen molar-refractivity contribution < 1.29 is 9.52 Å². The van der Waals surface area contributed by atoms with Crippen LogP contribution in [0.1, 0.15) is 50.6 Å². The van der Waals surface area contributed by atoms with Crippen LogP contribution in [0.4, 0.5) is 11.8 Å². The van der Waals surface area contributed by atoms with Gasteiger partial charge in [-0.05, 0) is 37.0 Å². The van der Waals surface area contributed by atoms with Crippen LogP contribution in [0.2, 0.25) is 0 Å². The van der Waals surface area contributed by atoms with E-state index in [2.05, 4.69) is 25.2 Å². The Morgan fingerprint density at radius 1 is 1.18 bits per heavy atom. The number of rotatable bonds is 9. The van der Waals surface area contributed by atoms with Crippen molar-refractivity contribution in [3.63, 3.8) is 0 Å². The lowest BCUT2D eigenvalue weighted by atomic mass is 10.2. The third-order valence-electron chi connectivity index (χ3n) is 6.29. The van der Waals surface area contributed by atoms with E-state index < -0.39 is 0 Å². The smallest absolute Gasteiger partial charge is 0.227 e. The number of furan rings is 1. The first-order valence-electron chi connectivity index (χ1n) is 11.6. The summed E-state index contributed by atoms with van der Waals surface area (Å²) < 4.78 is 7.32. The molecule has 1 atom stereocenters. The minimum Gasteiger partial charge on any atom is -0.472 e. The van der Waals surface area contributed by atoms with Crippen LogP contribution in [-0.2, 0) is 6.54 Å². The van der Waals surface area contributed by atoms with Gasteiger partial charge in [-0.2, -0.15) is 9.97 Å². The minimum atomic E-state index is -0.0992. The first-order valence-corrected chi connectivity index (χ1v) is 11.6. The predicted octanol–water partition coefficient (Wildman–Crippen LogP) is 4.39. The molecule has 0 aliphatic heterocycles. The van der Waals surface area contributed by atoms with E-state index in [-0.39, 0.29) is 12.6 Å². The first-order chi connectivity index (χ1) is 16.2. The van der Waals surface area contributed by atoms with Crippen LogP contribution in [0.5, 0.6) is 0 Å². The van der Waals surface area contributed by atoms with E-state index in [1.165, 1.54) is 12.8 Å². The SMILES string of the molecule is CC[C@H](CO)Nc1nc(NCc2ccc(-c3ccoc3)nc2)c2ncn(C3CCCC3)c2n1. The Hall–Kier alpha value is -3.46. The maximum Gasteiger partial charge on any atom is 0.227 e. The van der Waals surface area contributed by atoms with Crippen LogP contribution < -0.4 is 10.6 Å². The standard InChI is InChI=1S/C24H29N7O2/c1-2-18(13-32)28-24-29-22(21-23(30-24)31(15-27-21)19-5-3-4-6-19)26-12-16-7-8-20(25-11-16)17-9-10-33-14-17/h7-11,14-15,18-19,32H,2-6,12-13H2,1H3,(H2,26,28,29,30)/t18-/m1/s1. The Balaban J connectivity index is 1.41. The van der Waals surface area contributed by atoms with Crippen molar-refractivity contribution in [1.82, 2.24) is 24.5 Å². The van der Waals surface area contributed by atoms with E-state index in [4.69, 9.17) is 14.4 Å². The van der Waals surface area contributed by atoms with Gasteiger partial charge in [0, 0.05) is 24.3 Å². The van der Waals surface area contributed by atoms with Gasteiger partial charge in [-0.15, -0.1) is 0 Å². The number of nitrogens with one attached hydrogen (secondary N) is 2. The van der Waals surface area contributed by atoms with E-state index in [9.17, 15) is 5.11 Å². The molecular formula is C24H29N7O2. The third-order valence-corrected chi connectivity index (χ3v) is 6.29. The van der Waals surface area contributed by atoms with Gasteiger partial charge in [0.1, 0.15) is 0 Å². The quantitative estimate of drug-likeness (QED) is 0.346. The highest BCUT2D eigenvalue weighted by atomic mass is 16.3. The normalized spacial score (nSPS) is 15.2. The second-order valence-electron chi connectivity index (χ2n) is 8.51. The molecule has 5 rings (SSSR count). The van der Waals surface area contributed by atoms with E-state index in [0.717, 1.165) is 47.2 Å².